The molecule has 24 heavy (non-hydrogen) atoms. The summed E-state index contributed by atoms with van der Waals surface area (Å²) in [5.41, 5.74) is 0.653. The van der Waals surface area contributed by atoms with E-state index in [1.54, 1.807) is 13.0 Å². The molecular formula is C18H25NO5. The Hall–Kier alpha value is -2.24. The molecule has 0 aromatic heterocycles. The van der Waals surface area contributed by atoms with Crippen molar-refractivity contribution in [1.29, 1.82) is 0 Å². The number of ether oxygens (including phenoxy) is 3. The number of rotatable bonds is 6. The lowest BCUT2D eigenvalue weighted by molar-refractivity contribution is -0.120. The summed E-state index contributed by atoms with van der Waals surface area (Å²) in [4.78, 5) is 24.7. The first-order valence-electron chi connectivity index (χ1n) is 8.34. The largest absolute Gasteiger partial charge is 0.493 e. The first kappa shape index (κ1) is 18.1. The van der Waals surface area contributed by atoms with Crippen molar-refractivity contribution in [2.45, 2.75) is 39.0 Å². The summed E-state index contributed by atoms with van der Waals surface area (Å²) in [6.45, 7) is 1.99. The number of anilines is 1. The summed E-state index contributed by atoms with van der Waals surface area (Å²) in [5.74, 6) is 0.285. The molecule has 0 saturated heterocycles. The molecule has 0 spiro atoms. The molecule has 1 aliphatic rings. The predicted octanol–water partition coefficient (Wildman–Crippen LogP) is 3.40. The zero-order chi connectivity index (χ0) is 17.5. The van der Waals surface area contributed by atoms with Gasteiger partial charge in [0.05, 0.1) is 32.1 Å². The van der Waals surface area contributed by atoms with Gasteiger partial charge < -0.3 is 19.5 Å². The maximum atomic E-state index is 12.5. The van der Waals surface area contributed by atoms with Gasteiger partial charge >= 0.3 is 5.97 Å². The van der Waals surface area contributed by atoms with Crippen LogP contribution >= 0.6 is 0 Å². The number of esters is 1. The van der Waals surface area contributed by atoms with Gasteiger partial charge in [0.2, 0.25) is 5.91 Å². The van der Waals surface area contributed by atoms with Gasteiger partial charge in [-0.2, -0.15) is 0 Å². The first-order chi connectivity index (χ1) is 11.6. The van der Waals surface area contributed by atoms with E-state index in [2.05, 4.69) is 5.32 Å². The van der Waals surface area contributed by atoms with Gasteiger partial charge in [0, 0.05) is 18.1 Å². The smallest absolute Gasteiger partial charge is 0.340 e. The number of carbonyl (C=O) groups is 2. The third-order valence-corrected chi connectivity index (χ3v) is 4.25. The first-order valence-corrected chi connectivity index (χ1v) is 8.34. The van der Waals surface area contributed by atoms with E-state index in [-0.39, 0.29) is 24.0 Å². The van der Waals surface area contributed by atoms with Crippen molar-refractivity contribution in [3.8, 4) is 11.5 Å². The third-order valence-electron chi connectivity index (χ3n) is 4.25. The zero-order valence-electron chi connectivity index (χ0n) is 14.5. The topological polar surface area (TPSA) is 73.9 Å². The highest BCUT2D eigenvalue weighted by Gasteiger charge is 2.24. The molecule has 0 bridgehead atoms. The molecule has 2 rings (SSSR count). The fraction of sp³-hybridized carbons (Fsp3) is 0.556. The van der Waals surface area contributed by atoms with Gasteiger partial charge in [0.15, 0.2) is 11.5 Å². The summed E-state index contributed by atoms with van der Waals surface area (Å²) in [7, 11) is 3.00. The second-order valence-corrected chi connectivity index (χ2v) is 5.80. The average molecular weight is 335 g/mol. The van der Waals surface area contributed by atoms with Crippen molar-refractivity contribution >= 4 is 17.6 Å². The van der Waals surface area contributed by atoms with Crippen LogP contribution in [0.1, 0.15) is 49.4 Å². The van der Waals surface area contributed by atoms with Gasteiger partial charge in [-0.15, -0.1) is 0 Å². The summed E-state index contributed by atoms with van der Waals surface area (Å²) < 4.78 is 15.6. The van der Waals surface area contributed by atoms with Crippen molar-refractivity contribution in [3.05, 3.63) is 17.7 Å². The van der Waals surface area contributed by atoms with Crippen molar-refractivity contribution < 1.29 is 23.8 Å². The molecule has 0 unspecified atom stereocenters. The zero-order valence-corrected chi connectivity index (χ0v) is 14.5. The molecule has 1 aromatic rings. The van der Waals surface area contributed by atoms with Gasteiger partial charge in [-0.25, -0.2) is 4.79 Å². The summed E-state index contributed by atoms with van der Waals surface area (Å²) in [5, 5.41) is 2.87. The second kappa shape index (κ2) is 8.57. The molecular weight excluding hydrogens is 310 g/mol. The minimum atomic E-state index is -0.502. The van der Waals surface area contributed by atoms with E-state index in [9.17, 15) is 9.59 Å². The Labute approximate surface area is 142 Å². The molecule has 1 saturated carbocycles. The second-order valence-electron chi connectivity index (χ2n) is 5.80. The molecule has 1 aliphatic carbocycles. The molecule has 6 nitrogen and oxygen atoms in total. The van der Waals surface area contributed by atoms with E-state index >= 15 is 0 Å². The third kappa shape index (κ3) is 4.19. The molecule has 0 radical (unpaired) electrons. The van der Waals surface area contributed by atoms with Crippen molar-refractivity contribution in [3.63, 3.8) is 0 Å². The van der Waals surface area contributed by atoms with Crippen molar-refractivity contribution in [1.82, 2.24) is 0 Å². The van der Waals surface area contributed by atoms with Crippen LogP contribution in [0.25, 0.3) is 0 Å². The highest BCUT2D eigenvalue weighted by Crippen LogP contribution is 2.34. The molecule has 1 aromatic carbocycles. The van der Waals surface area contributed by atoms with E-state index < -0.39 is 5.97 Å². The average Bonchev–Trinajstić information content (AvgIpc) is 2.62. The number of hydrogen-bond donors (Lipinski definition) is 1. The van der Waals surface area contributed by atoms with Crippen LogP contribution in [0.5, 0.6) is 11.5 Å². The molecule has 0 heterocycles. The lowest BCUT2D eigenvalue weighted by Crippen LogP contribution is -2.26. The SMILES string of the molecule is CCOC(=O)c1cc(OC)c(OC)cc1NC(=O)C1CCCCC1. The van der Waals surface area contributed by atoms with Gasteiger partial charge in [-0.05, 0) is 19.8 Å². The molecule has 132 valence electrons. The van der Waals surface area contributed by atoms with E-state index in [4.69, 9.17) is 14.2 Å². The molecule has 1 amide bonds. The highest BCUT2D eigenvalue weighted by atomic mass is 16.5. The molecule has 1 fully saturated rings. The van der Waals surface area contributed by atoms with Gasteiger partial charge in [0.1, 0.15) is 0 Å². The number of carbonyl (C=O) groups excluding carboxylic acids is 2. The molecule has 6 heteroatoms. The number of amides is 1. The lowest BCUT2D eigenvalue weighted by Gasteiger charge is -2.22. The van der Waals surface area contributed by atoms with Crippen LogP contribution in [-0.2, 0) is 9.53 Å². The van der Waals surface area contributed by atoms with E-state index in [1.807, 2.05) is 0 Å². The highest BCUT2D eigenvalue weighted by molar-refractivity contribution is 6.02. The van der Waals surface area contributed by atoms with E-state index in [1.165, 1.54) is 26.7 Å². The minimum absolute atomic E-state index is 0.0121. The fourth-order valence-electron chi connectivity index (χ4n) is 2.96. The van der Waals surface area contributed by atoms with Crippen molar-refractivity contribution in [2.75, 3.05) is 26.1 Å². The van der Waals surface area contributed by atoms with Gasteiger partial charge in [0.25, 0.3) is 0 Å². The van der Waals surface area contributed by atoms with Gasteiger partial charge in [-0.1, -0.05) is 19.3 Å². The van der Waals surface area contributed by atoms with Crippen LogP contribution in [0.3, 0.4) is 0 Å². The summed E-state index contributed by atoms with van der Waals surface area (Å²) in [6.07, 6.45) is 5.07. The van der Waals surface area contributed by atoms with Crippen LogP contribution in [0.2, 0.25) is 0 Å². The number of nitrogens with one attached hydrogen (secondary N) is 1. The van der Waals surface area contributed by atoms with Crippen LogP contribution in [-0.4, -0.2) is 32.7 Å². The van der Waals surface area contributed by atoms with Crippen LogP contribution < -0.4 is 14.8 Å². The lowest BCUT2D eigenvalue weighted by atomic mass is 9.88. The standard InChI is InChI=1S/C18H25NO5/c1-4-24-18(21)13-10-15(22-2)16(23-3)11-14(13)19-17(20)12-8-6-5-7-9-12/h10-12H,4-9H2,1-3H3,(H,19,20). The molecule has 1 N–H and O–H groups in total. The van der Waals surface area contributed by atoms with E-state index in [0.29, 0.717) is 17.2 Å². The Kier molecular flexibility index (Phi) is 6.46. The number of hydrogen-bond acceptors (Lipinski definition) is 5. The summed E-state index contributed by atoms with van der Waals surface area (Å²) in [6, 6.07) is 3.14. The monoisotopic (exact) mass is 335 g/mol. The maximum absolute atomic E-state index is 12.5. The predicted molar refractivity (Wildman–Crippen MR) is 90.7 cm³/mol. The van der Waals surface area contributed by atoms with Gasteiger partial charge in [-0.3, -0.25) is 4.79 Å². The molecule has 0 aliphatic heterocycles. The van der Waals surface area contributed by atoms with Crippen molar-refractivity contribution in [2.24, 2.45) is 5.92 Å². The number of methoxy groups -OCH3 is 2. The Bertz CT molecular complexity index is 593. The Morgan fingerprint density at radius 1 is 1.08 bits per heavy atom. The Morgan fingerprint density at radius 3 is 2.29 bits per heavy atom. The minimum Gasteiger partial charge on any atom is -0.493 e. The Morgan fingerprint density at radius 2 is 1.71 bits per heavy atom. The van der Waals surface area contributed by atoms with Crippen LogP contribution in [0, 0.1) is 5.92 Å². The van der Waals surface area contributed by atoms with Crippen LogP contribution in [0.4, 0.5) is 5.69 Å². The van der Waals surface area contributed by atoms with E-state index in [0.717, 1.165) is 25.7 Å². The fourth-order valence-corrected chi connectivity index (χ4v) is 2.96. The van der Waals surface area contributed by atoms with Crippen LogP contribution in [0.15, 0.2) is 12.1 Å². The number of benzene rings is 1. The maximum Gasteiger partial charge on any atom is 0.340 e. The molecule has 0 atom stereocenters. The quantitative estimate of drug-likeness (QED) is 0.807. The summed E-state index contributed by atoms with van der Waals surface area (Å²) >= 11 is 0. The Balaban J connectivity index is 2.30. The normalized spacial score (nSPS) is 14.8.